The third-order valence-electron chi connectivity index (χ3n) is 5.75. The molecule has 0 aromatic carbocycles. The summed E-state index contributed by atoms with van der Waals surface area (Å²) in [4.78, 5) is 26.2. The topological polar surface area (TPSA) is 73.5 Å². The highest BCUT2D eigenvalue weighted by atomic mass is 32.2. The van der Waals surface area contributed by atoms with Gasteiger partial charge in [0, 0.05) is 24.0 Å². The Kier molecular flexibility index (Phi) is 8.05. The quantitative estimate of drug-likeness (QED) is 0.377. The van der Waals surface area contributed by atoms with Crippen LogP contribution in [0.2, 0.25) is 0 Å². The molecule has 1 aromatic heterocycles. The average Bonchev–Trinajstić information content (AvgIpc) is 3.40. The average molecular weight is 425 g/mol. The lowest BCUT2D eigenvalue weighted by molar-refractivity contribution is -0.121. The zero-order valence-corrected chi connectivity index (χ0v) is 18.4. The van der Waals surface area contributed by atoms with Crippen molar-refractivity contribution in [2.24, 2.45) is 0 Å². The van der Waals surface area contributed by atoms with Crippen molar-refractivity contribution >= 4 is 35.0 Å². The first-order valence-electron chi connectivity index (χ1n) is 10.3. The number of fused-ring (bicyclic) bond motifs is 1. The number of unbranched alkanes of at least 4 members (excludes halogenated alkanes) is 1. The summed E-state index contributed by atoms with van der Waals surface area (Å²) in [7, 11) is 0. The number of thioether (sulfide) groups is 1. The molecule has 0 aliphatic carbocycles. The summed E-state index contributed by atoms with van der Waals surface area (Å²) < 4.78 is 0. The van der Waals surface area contributed by atoms with Gasteiger partial charge in [-0.05, 0) is 48.3 Å². The molecule has 0 bridgehead atoms. The molecule has 0 saturated carbocycles. The van der Waals surface area contributed by atoms with E-state index in [-0.39, 0.29) is 30.1 Å². The molecule has 3 amide bonds. The number of carbonyl (C=O) groups is 2. The molecule has 8 heteroatoms. The van der Waals surface area contributed by atoms with Crippen LogP contribution >= 0.6 is 23.1 Å². The van der Waals surface area contributed by atoms with Gasteiger partial charge in [0.2, 0.25) is 5.91 Å². The number of likely N-dealkylation sites (N-methyl/N-ethyl adjacent to an activating group) is 1. The van der Waals surface area contributed by atoms with Crippen LogP contribution in [0, 0.1) is 0 Å². The lowest BCUT2D eigenvalue weighted by Gasteiger charge is -2.29. The Morgan fingerprint density at radius 3 is 2.86 bits per heavy atom. The van der Waals surface area contributed by atoms with Crippen molar-refractivity contribution in [1.82, 2.24) is 20.9 Å². The number of carbonyl (C=O) groups excluding carboxylic acids is 2. The molecule has 2 aliphatic heterocycles. The van der Waals surface area contributed by atoms with Crippen LogP contribution < -0.4 is 16.0 Å². The second-order valence-electron chi connectivity index (χ2n) is 7.47. The lowest BCUT2D eigenvalue weighted by Crippen LogP contribution is -2.38. The molecule has 2 fully saturated rings. The molecule has 0 spiro atoms. The van der Waals surface area contributed by atoms with Crippen LogP contribution in [0.4, 0.5) is 4.79 Å². The Balaban J connectivity index is 1.36. The number of hydrogen-bond acceptors (Lipinski definition) is 5. The minimum atomic E-state index is -0.0342. The summed E-state index contributed by atoms with van der Waals surface area (Å²) in [6, 6.07) is 2.90. The smallest absolute Gasteiger partial charge is 0.315 e. The minimum absolute atomic E-state index is 0.0342. The van der Waals surface area contributed by atoms with E-state index in [0.717, 1.165) is 38.1 Å². The maximum atomic E-state index is 12.3. The van der Waals surface area contributed by atoms with Crippen LogP contribution in [0.15, 0.2) is 16.8 Å². The molecule has 3 rings (SSSR count). The third kappa shape index (κ3) is 5.42. The van der Waals surface area contributed by atoms with Crippen molar-refractivity contribution in [3.63, 3.8) is 0 Å². The summed E-state index contributed by atoms with van der Waals surface area (Å²) in [6.07, 6.45) is 3.55. The zero-order chi connectivity index (χ0) is 19.9. The highest BCUT2D eigenvalue weighted by Crippen LogP contribution is 2.33. The molecule has 156 valence electrons. The van der Waals surface area contributed by atoms with E-state index in [1.807, 2.05) is 11.8 Å². The van der Waals surface area contributed by atoms with Crippen molar-refractivity contribution in [3.05, 3.63) is 22.4 Å². The molecule has 1 unspecified atom stereocenters. The van der Waals surface area contributed by atoms with Crippen LogP contribution in [0.5, 0.6) is 0 Å². The Labute approximate surface area is 176 Å². The van der Waals surface area contributed by atoms with Gasteiger partial charge in [0.1, 0.15) is 0 Å². The predicted molar refractivity (Wildman–Crippen MR) is 117 cm³/mol. The molecule has 2 saturated heterocycles. The van der Waals surface area contributed by atoms with Gasteiger partial charge >= 0.3 is 6.03 Å². The van der Waals surface area contributed by atoms with Crippen LogP contribution in [-0.2, 0) is 4.79 Å². The normalized spacial score (nSPS) is 24.7. The van der Waals surface area contributed by atoms with E-state index in [1.54, 1.807) is 11.3 Å². The van der Waals surface area contributed by atoms with Crippen LogP contribution in [0.1, 0.15) is 51.1 Å². The number of amides is 3. The van der Waals surface area contributed by atoms with E-state index in [4.69, 9.17) is 0 Å². The fraction of sp³-hybridized carbons (Fsp3) is 0.700. The number of rotatable bonds is 11. The van der Waals surface area contributed by atoms with E-state index in [9.17, 15) is 9.59 Å². The first-order chi connectivity index (χ1) is 13.6. The summed E-state index contributed by atoms with van der Waals surface area (Å²) in [6.45, 7) is 6.94. The molecular weight excluding hydrogens is 392 g/mol. The van der Waals surface area contributed by atoms with Crippen molar-refractivity contribution < 1.29 is 9.59 Å². The zero-order valence-electron chi connectivity index (χ0n) is 16.8. The van der Waals surface area contributed by atoms with Gasteiger partial charge < -0.3 is 16.0 Å². The first-order valence-corrected chi connectivity index (χ1v) is 12.3. The molecular formula is C20H32N4O2S2. The fourth-order valence-corrected chi connectivity index (χ4v) is 6.41. The van der Waals surface area contributed by atoms with Gasteiger partial charge in [0.25, 0.3) is 0 Å². The summed E-state index contributed by atoms with van der Waals surface area (Å²) >= 11 is 3.64. The Morgan fingerprint density at radius 2 is 2.14 bits per heavy atom. The highest BCUT2D eigenvalue weighted by molar-refractivity contribution is 8.00. The lowest BCUT2D eigenvalue weighted by atomic mass is 10.0. The van der Waals surface area contributed by atoms with Gasteiger partial charge in [-0.15, -0.1) is 0 Å². The molecule has 3 N–H and O–H groups in total. The second-order valence-corrected chi connectivity index (χ2v) is 9.52. The largest absolute Gasteiger partial charge is 0.354 e. The van der Waals surface area contributed by atoms with Crippen LogP contribution in [0.25, 0.3) is 0 Å². The predicted octanol–water partition coefficient (Wildman–Crippen LogP) is 2.97. The first kappa shape index (κ1) is 21.5. The molecule has 1 aromatic rings. The van der Waals surface area contributed by atoms with E-state index in [1.165, 1.54) is 5.56 Å². The van der Waals surface area contributed by atoms with Gasteiger partial charge in [-0.1, -0.05) is 20.3 Å². The second kappa shape index (κ2) is 10.5. The molecule has 6 nitrogen and oxygen atoms in total. The summed E-state index contributed by atoms with van der Waals surface area (Å²) in [5, 5.41) is 13.9. The monoisotopic (exact) mass is 424 g/mol. The third-order valence-corrected chi connectivity index (χ3v) is 7.96. The van der Waals surface area contributed by atoms with E-state index < -0.39 is 0 Å². The number of urea groups is 1. The minimum Gasteiger partial charge on any atom is -0.354 e. The Hall–Kier alpha value is -1.25. The number of nitrogens with one attached hydrogen (secondary N) is 3. The molecule has 28 heavy (non-hydrogen) atoms. The Bertz CT molecular complexity index is 636. The maximum absolute atomic E-state index is 12.3. The van der Waals surface area contributed by atoms with Gasteiger partial charge in [0.15, 0.2) is 0 Å². The maximum Gasteiger partial charge on any atom is 0.315 e. The van der Waals surface area contributed by atoms with Gasteiger partial charge in [-0.3, -0.25) is 9.69 Å². The highest BCUT2D eigenvalue weighted by Gasteiger charge is 2.42. The fourth-order valence-electron chi connectivity index (χ4n) is 4.16. The molecule has 4 atom stereocenters. The number of hydrogen-bond donors (Lipinski definition) is 3. The number of nitrogens with zero attached hydrogens (tertiary/aromatic N) is 1. The summed E-state index contributed by atoms with van der Waals surface area (Å²) in [5.74, 6) is 1.13. The van der Waals surface area contributed by atoms with Crippen molar-refractivity contribution in [3.8, 4) is 0 Å². The molecule has 0 radical (unpaired) electrons. The van der Waals surface area contributed by atoms with Crippen molar-refractivity contribution in [1.29, 1.82) is 0 Å². The van der Waals surface area contributed by atoms with Gasteiger partial charge in [0.05, 0.1) is 18.1 Å². The van der Waals surface area contributed by atoms with Crippen molar-refractivity contribution in [2.75, 3.05) is 25.4 Å². The SMILES string of the molecule is CCN(CC)C(CNC(=O)CCCC[C@@H]1SC[C@@H]2NC(=O)N[C@@H]21)c1ccsc1. The standard InChI is InChI=1S/C20H32N4O2S2/c1-3-24(4-2)16(14-9-10-27-12-14)11-21-18(25)8-6-5-7-17-19-15(13-28-17)22-20(26)23-19/h9-10,12,15-17,19H,3-8,11,13H2,1-2H3,(H,21,25)(H2,22,23,26)/t15-,16?,17-,19-/m0/s1. The summed E-state index contributed by atoms with van der Waals surface area (Å²) in [5.41, 5.74) is 1.29. The van der Waals surface area contributed by atoms with Crippen molar-refractivity contribution in [2.45, 2.75) is 62.9 Å². The van der Waals surface area contributed by atoms with E-state index in [2.05, 4.69) is 51.5 Å². The van der Waals surface area contributed by atoms with Gasteiger partial charge in [-0.25, -0.2) is 4.79 Å². The van der Waals surface area contributed by atoms with E-state index >= 15 is 0 Å². The number of thiophene rings is 1. The molecule has 3 heterocycles. The van der Waals surface area contributed by atoms with Gasteiger partial charge in [-0.2, -0.15) is 23.1 Å². The van der Waals surface area contributed by atoms with E-state index in [0.29, 0.717) is 18.2 Å². The van der Waals surface area contributed by atoms with Crippen LogP contribution in [0.3, 0.4) is 0 Å². The molecule has 2 aliphatic rings. The van der Waals surface area contributed by atoms with Crippen LogP contribution in [-0.4, -0.2) is 59.6 Å². The Morgan fingerprint density at radius 1 is 1.32 bits per heavy atom.